The summed E-state index contributed by atoms with van der Waals surface area (Å²) in [5.74, 6) is -1.12. The van der Waals surface area contributed by atoms with E-state index in [-0.39, 0.29) is 17.2 Å². The van der Waals surface area contributed by atoms with Crippen molar-refractivity contribution in [2.24, 2.45) is 4.99 Å². The summed E-state index contributed by atoms with van der Waals surface area (Å²) in [6.45, 7) is 0. The summed E-state index contributed by atoms with van der Waals surface area (Å²) in [6, 6.07) is 11.1. The fourth-order valence-corrected chi connectivity index (χ4v) is 2.57. The summed E-state index contributed by atoms with van der Waals surface area (Å²) in [5, 5.41) is 20.8. The minimum atomic E-state index is -0.708. The van der Waals surface area contributed by atoms with E-state index in [9.17, 15) is 20.0 Å². The van der Waals surface area contributed by atoms with E-state index in [1.165, 1.54) is 24.3 Å². The van der Waals surface area contributed by atoms with Gasteiger partial charge in [0.15, 0.2) is 5.70 Å². The molecule has 1 heterocycles. The predicted molar refractivity (Wildman–Crippen MR) is 89.5 cm³/mol. The molecule has 24 heavy (non-hydrogen) atoms. The van der Waals surface area contributed by atoms with Crippen LogP contribution < -0.4 is 0 Å². The molecule has 0 spiro atoms. The number of aromatic hydroxyl groups is 1. The summed E-state index contributed by atoms with van der Waals surface area (Å²) in [5.41, 5.74) is 0.188. The second-order valence-corrected chi connectivity index (χ2v) is 5.64. The maximum absolute atomic E-state index is 12.0. The van der Waals surface area contributed by atoms with Crippen LogP contribution in [-0.4, -0.2) is 21.9 Å². The number of benzene rings is 2. The van der Waals surface area contributed by atoms with Crippen LogP contribution in [0.4, 0.5) is 5.69 Å². The number of aliphatic imine (C=N–C) groups is 1. The van der Waals surface area contributed by atoms with Gasteiger partial charge in [0.05, 0.1) is 10.5 Å². The topological polar surface area (TPSA) is 102 Å². The number of halogens is 1. The van der Waals surface area contributed by atoms with Crippen LogP contribution in [0.3, 0.4) is 0 Å². The number of nitro benzene ring substituents is 1. The lowest BCUT2D eigenvalue weighted by Gasteiger charge is -2.01. The number of esters is 1. The van der Waals surface area contributed by atoms with Crippen molar-refractivity contribution in [2.75, 3.05) is 0 Å². The molecule has 0 bridgehead atoms. The number of phenolic OH excluding ortho intramolecular Hbond substituents is 1. The molecule has 1 aliphatic rings. The SMILES string of the molecule is O=C1OC(c2ccccc2Br)=NC1=Cc1cccc([N+](=O)[O-])c1O. The number of carbonyl (C=O) groups excluding carboxylic acids is 1. The van der Waals surface area contributed by atoms with Crippen molar-refractivity contribution < 1.29 is 19.6 Å². The first kappa shape index (κ1) is 15.9. The molecule has 0 aliphatic carbocycles. The Morgan fingerprint density at radius 2 is 1.96 bits per heavy atom. The van der Waals surface area contributed by atoms with E-state index in [0.717, 1.165) is 0 Å². The van der Waals surface area contributed by atoms with Gasteiger partial charge in [-0.25, -0.2) is 9.79 Å². The minimum Gasteiger partial charge on any atom is -0.502 e. The zero-order valence-corrected chi connectivity index (χ0v) is 13.6. The number of phenols is 1. The van der Waals surface area contributed by atoms with Crippen molar-refractivity contribution >= 4 is 39.6 Å². The van der Waals surface area contributed by atoms with E-state index in [2.05, 4.69) is 20.9 Å². The second kappa shape index (κ2) is 6.25. The first-order valence-corrected chi connectivity index (χ1v) is 7.50. The number of carbonyl (C=O) groups is 1. The van der Waals surface area contributed by atoms with Crippen molar-refractivity contribution in [1.82, 2.24) is 0 Å². The molecule has 0 aromatic heterocycles. The lowest BCUT2D eigenvalue weighted by Crippen LogP contribution is -2.05. The highest BCUT2D eigenvalue weighted by molar-refractivity contribution is 9.10. The zero-order valence-electron chi connectivity index (χ0n) is 12.0. The average Bonchev–Trinajstić information content (AvgIpc) is 2.90. The summed E-state index contributed by atoms with van der Waals surface area (Å²) in [6.07, 6.45) is 1.24. The highest BCUT2D eigenvalue weighted by Gasteiger charge is 2.26. The molecule has 0 unspecified atom stereocenters. The monoisotopic (exact) mass is 388 g/mol. The molecular weight excluding hydrogens is 380 g/mol. The Hall–Kier alpha value is -3.00. The molecule has 7 nitrogen and oxygen atoms in total. The normalized spacial score (nSPS) is 15.3. The number of hydrogen-bond donors (Lipinski definition) is 1. The number of rotatable bonds is 3. The molecule has 0 saturated heterocycles. The van der Waals surface area contributed by atoms with Crippen LogP contribution in [0.15, 0.2) is 57.6 Å². The van der Waals surface area contributed by atoms with E-state index in [1.54, 1.807) is 18.2 Å². The molecule has 0 saturated carbocycles. The van der Waals surface area contributed by atoms with E-state index in [1.807, 2.05) is 6.07 Å². The summed E-state index contributed by atoms with van der Waals surface area (Å²) < 4.78 is 5.83. The van der Waals surface area contributed by atoms with Crippen LogP contribution in [0.2, 0.25) is 0 Å². The minimum absolute atomic E-state index is 0.0587. The predicted octanol–water partition coefficient (Wildman–Crippen LogP) is 3.41. The Morgan fingerprint density at radius 1 is 1.21 bits per heavy atom. The van der Waals surface area contributed by atoms with Gasteiger partial charge in [-0.05, 0) is 34.1 Å². The third kappa shape index (κ3) is 2.91. The Bertz CT molecular complexity index is 920. The van der Waals surface area contributed by atoms with E-state index in [4.69, 9.17) is 4.74 Å². The smallest absolute Gasteiger partial charge is 0.363 e. The second-order valence-electron chi connectivity index (χ2n) is 4.79. The molecule has 0 amide bonds. The molecule has 0 fully saturated rings. The Labute approximate surface area is 144 Å². The third-order valence-corrected chi connectivity index (χ3v) is 3.95. The molecule has 1 aliphatic heterocycles. The van der Waals surface area contributed by atoms with Gasteiger partial charge in [0.25, 0.3) is 0 Å². The number of para-hydroxylation sites is 1. The van der Waals surface area contributed by atoms with Gasteiger partial charge in [-0.2, -0.15) is 0 Å². The van der Waals surface area contributed by atoms with Gasteiger partial charge in [-0.15, -0.1) is 0 Å². The molecule has 0 radical (unpaired) electrons. The van der Waals surface area contributed by atoms with Gasteiger partial charge < -0.3 is 9.84 Å². The van der Waals surface area contributed by atoms with Crippen molar-refractivity contribution in [1.29, 1.82) is 0 Å². The molecule has 2 aromatic carbocycles. The van der Waals surface area contributed by atoms with E-state index >= 15 is 0 Å². The van der Waals surface area contributed by atoms with Gasteiger partial charge in [-0.1, -0.05) is 24.3 Å². The average molecular weight is 389 g/mol. The van der Waals surface area contributed by atoms with Crippen molar-refractivity contribution in [3.05, 3.63) is 73.9 Å². The standard InChI is InChI=1S/C16H9BrN2O5/c17-11-6-2-1-5-10(11)15-18-12(16(21)24-15)8-9-4-3-7-13(14(9)20)19(22)23/h1-8,20H. The molecule has 2 aromatic rings. The number of cyclic esters (lactones) is 1. The number of ether oxygens (including phenoxy) is 1. The van der Waals surface area contributed by atoms with Gasteiger partial charge in [0.2, 0.25) is 11.6 Å². The Balaban J connectivity index is 2.03. The van der Waals surface area contributed by atoms with Gasteiger partial charge in [0.1, 0.15) is 0 Å². The molecule has 120 valence electrons. The van der Waals surface area contributed by atoms with Crippen LogP contribution in [0, 0.1) is 10.1 Å². The third-order valence-electron chi connectivity index (χ3n) is 3.26. The first-order valence-electron chi connectivity index (χ1n) is 6.71. The summed E-state index contributed by atoms with van der Waals surface area (Å²) in [4.78, 5) is 26.2. The number of nitrogens with zero attached hydrogens (tertiary/aromatic N) is 2. The summed E-state index contributed by atoms with van der Waals surface area (Å²) in [7, 11) is 0. The maximum Gasteiger partial charge on any atom is 0.363 e. The fourth-order valence-electron chi connectivity index (χ4n) is 2.12. The Morgan fingerprint density at radius 3 is 2.67 bits per heavy atom. The highest BCUT2D eigenvalue weighted by atomic mass is 79.9. The molecule has 8 heteroatoms. The largest absolute Gasteiger partial charge is 0.502 e. The van der Waals surface area contributed by atoms with Gasteiger partial charge >= 0.3 is 11.7 Å². The number of hydrogen-bond acceptors (Lipinski definition) is 6. The lowest BCUT2D eigenvalue weighted by atomic mass is 10.1. The van der Waals surface area contributed by atoms with E-state index in [0.29, 0.717) is 10.0 Å². The van der Waals surface area contributed by atoms with Gasteiger partial charge in [-0.3, -0.25) is 10.1 Å². The van der Waals surface area contributed by atoms with Crippen LogP contribution >= 0.6 is 15.9 Å². The highest BCUT2D eigenvalue weighted by Crippen LogP contribution is 2.32. The zero-order chi connectivity index (χ0) is 17.3. The van der Waals surface area contributed by atoms with Gasteiger partial charge in [0, 0.05) is 16.1 Å². The van der Waals surface area contributed by atoms with Crippen LogP contribution in [0.1, 0.15) is 11.1 Å². The van der Waals surface area contributed by atoms with Crippen molar-refractivity contribution in [3.8, 4) is 5.75 Å². The van der Waals surface area contributed by atoms with E-state index < -0.39 is 22.3 Å². The molecule has 3 rings (SSSR count). The van der Waals surface area contributed by atoms with Crippen molar-refractivity contribution in [2.45, 2.75) is 0 Å². The Kier molecular flexibility index (Phi) is 4.13. The molecule has 0 atom stereocenters. The first-order chi connectivity index (χ1) is 11.5. The lowest BCUT2D eigenvalue weighted by molar-refractivity contribution is -0.385. The van der Waals surface area contributed by atoms with Crippen LogP contribution in [0.5, 0.6) is 5.75 Å². The molecule has 1 N–H and O–H groups in total. The van der Waals surface area contributed by atoms with Crippen molar-refractivity contribution in [3.63, 3.8) is 0 Å². The van der Waals surface area contributed by atoms with Crippen LogP contribution in [0.25, 0.3) is 6.08 Å². The number of nitro groups is 1. The fraction of sp³-hybridized carbons (Fsp3) is 0. The summed E-state index contributed by atoms with van der Waals surface area (Å²) >= 11 is 3.34. The quantitative estimate of drug-likeness (QED) is 0.375. The van der Waals surface area contributed by atoms with Crippen LogP contribution in [-0.2, 0) is 9.53 Å². The molecular formula is C16H9BrN2O5. The maximum atomic E-state index is 12.0.